The quantitative estimate of drug-likeness (QED) is 0.166. The minimum absolute atomic E-state index is 0.562. The Morgan fingerprint density at radius 3 is 1.64 bits per heavy atom. The van der Waals surface area contributed by atoms with Crippen LogP contribution in [0.3, 0.4) is 0 Å². The third-order valence-electron chi connectivity index (χ3n) is 14.0. The normalized spacial score (nSPS) is 12.0. The predicted octanol–water partition coefficient (Wildman–Crippen LogP) is 16.5. The van der Waals surface area contributed by atoms with Gasteiger partial charge in [0.2, 0.25) is 0 Å². The molecule has 7 heteroatoms. The van der Waals surface area contributed by atoms with Crippen molar-refractivity contribution in [2.24, 2.45) is 0 Å². The maximum Gasteiger partial charge on any atom is 0.164 e. The van der Waals surface area contributed by atoms with E-state index in [1.807, 2.05) is 72.8 Å². The number of benzene rings is 10. The van der Waals surface area contributed by atoms with Crippen molar-refractivity contribution in [3.05, 3.63) is 224 Å². The molecule has 0 atom stereocenters. The van der Waals surface area contributed by atoms with Crippen LogP contribution in [0.1, 0.15) is 0 Å². The Bertz CT molecular complexity index is 4600. The molecule has 15 rings (SSSR count). The molecule has 5 aromatic heterocycles. The third kappa shape index (κ3) is 5.85. The Morgan fingerprint density at radius 2 is 0.814 bits per heavy atom. The van der Waals surface area contributed by atoms with E-state index in [1.165, 1.54) is 32.6 Å². The number of hydrogen-bond acceptors (Lipinski definition) is 5. The molecule has 15 aromatic rings. The molecule has 0 unspecified atom stereocenters. The Balaban J connectivity index is 0.890. The van der Waals surface area contributed by atoms with Crippen molar-refractivity contribution in [3.63, 3.8) is 0 Å². The Kier molecular flexibility index (Phi) is 8.23. The maximum absolute atomic E-state index is 6.63. The van der Waals surface area contributed by atoms with Crippen LogP contribution in [0.4, 0.5) is 0 Å². The van der Waals surface area contributed by atoms with E-state index in [2.05, 4.69) is 161 Å². The SMILES string of the molecule is c1ccc(-c2nc(-c3ccc4oc5ccccc5c4c3)nc(-c3cccc4oc5ccc(-n6c7ccccc7c7cc(-c8ccc9c%10ccccc%10n(-c%10ccccc%10)c9c8)ccc76)cc5c34)n2)cc1. The van der Waals surface area contributed by atoms with Crippen molar-refractivity contribution in [1.82, 2.24) is 24.1 Å². The van der Waals surface area contributed by atoms with Gasteiger partial charge in [-0.1, -0.05) is 133 Å². The van der Waals surface area contributed by atoms with Crippen LogP contribution in [0, 0.1) is 0 Å². The van der Waals surface area contributed by atoms with Crippen molar-refractivity contribution in [2.75, 3.05) is 0 Å². The molecule has 0 spiro atoms. The number of aromatic nitrogens is 5. The van der Waals surface area contributed by atoms with E-state index in [-0.39, 0.29) is 0 Å². The second-order valence-electron chi connectivity index (χ2n) is 17.9. The lowest BCUT2D eigenvalue weighted by molar-refractivity contribution is 0.668. The standard InChI is InChI=1S/C63H37N5O2/c1-3-14-38(15-4-1)61-64-62(41-28-32-57-50(35-41)47-20-9-12-24-56(47)69-57)66-63(65-61)48-21-13-25-59-60(48)51-37-43(29-33-58(51)70-59)68-53-23-11-8-19-45(53)49-34-39(27-31-54(49)68)40-26-30-46-44-18-7-10-22-52(44)67(55(46)36-40)42-16-5-2-6-17-42/h1-37H. The van der Waals surface area contributed by atoms with Crippen LogP contribution in [0.2, 0.25) is 0 Å². The molecule has 10 aromatic carbocycles. The Morgan fingerprint density at radius 1 is 0.271 bits per heavy atom. The summed E-state index contributed by atoms with van der Waals surface area (Å²) < 4.78 is 17.6. The minimum Gasteiger partial charge on any atom is -0.456 e. The van der Waals surface area contributed by atoms with Gasteiger partial charge in [-0.3, -0.25) is 0 Å². The number of rotatable bonds is 6. The second-order valence-corrected chi connectivity index (χ2v) is 17.9. The molecule has 0 N–H and O–H groups in total. The maximum atomic E-state index is 6.63. The summed E-state index contributed by atoms with van der Waals surface area (Å²) in [5.41, 5.74) is 15.0. The van der Waals surface area contributed by atoms with Crippen molar-refractivity contribution >= 4 is 87.5 Å². The second kappa shape index (κ2) is 15.0. The van der Waals surface area contributed by atoms with Crippen LogP contribution in [0.5, 0.6) is 0 Å². The summed E-state index contributed by atoms with van der Waals surface area (Å²) in [7, 11) is 0. The summed E-state index contributed by atoms with van der Waals surface area (Å²) in [6.07, 6.45) is 0. The summed E-state index contributed by atoms with van der Waals surface area (Å²) in [4.78, 5) is 15.5. The van der Waals surface area contributed by atoms with Crippen LogP contribution in [-0.2, 0) is 0 Å². The fraction of sp³-hybridized carbons (Fsp3) is 0. The molecule has 326 valence electrons. The van der Waals surface area contributed by atoms with E-state index >= 15 is 0 Å². The van der Waals surface area contributed by atoms with E-state index in [1.54, 1.807) is 0 Å². The van der Waals surface area contributed by atoms with Crippen molar-refractivity contribution in [1.29, 1.82) is 0 Å². The lowest BCUT2D eigenvalue weighted by Crippen LogP contribution is -2.00. The zero-order valence-electron chi connectivity index (χ0n) is 37.4. The van der Waals surface area contributed by atoms with E-state index < -0.39 is 0 Å². The summed E-state index contributed by atoms with van der Waals surface area (Å²) in [5, 5.41) is 8.82. The molecule has 0 aliphatic heterocycles. The predicted molar refractivity (Wildman–Crippen MR) is 285 cm³/mol. The smallest absolute Gasteiger partial charge is 0.164 e. The molecular weight excluding hydrogens is 859 g/mol. The zero-order valence-corrected chi connectivity index (χ0v) is 37.4. The fourth-order valence-corrected chi connectivity index (χ4v) is 10.8. The molecule has 0 aliphatic carbocycles. The third-order valence-corrected chi connectivity index (χ3v) is 14.0. The van der Waals surface area contributed by atoms with Crippen molar-refractivity contribution in [2.45, 2.75) is 0 Å². The van der Waals surface area contributed by atoms with Crippen LogP contribution in [0.25, 0.3) is 144 Å². The van der Waals surface area contributed by atoms with E-state index in [4.69, 9.17) is 23.8 Å². The average Bonchev–Trinajstić information content (AvgIpc) is 4.18. The fourth-order valence-electron chi connectivity index (χ4n) is 10.8. The lowest BCUT2D eigenvalue weighted by atomic mass is 10.0. The molecule has 0 saturated carbocycles. The van der Waals surface area contributed by atoms with Gasteiger partial charge >= 0.3 is 0 Å². The first-order chi connectivity index (χ1) is 34.7. The molecule has 70 heavy (non-hydrogen) atoms. The van der Waals surface area contributed by atoms with Gasteiger partial charge in [-0.15, -0.1) is 0 Å². The van der Waals surface area contributed by atoms with Crippen molar-refractivity contribution < 1.29 is 8.83 Å². The topological polar surface area (TPSA) is 74.8 Å². The van der Waals surface area contributed by atoms with Gasteiger partial charge in [-0.25, -0.2) is 15.0 Å². The number of hydrogen-bond donors (Lipinski definition) is 0. The molecule has 0 radical (unpaired) electrons. The van der Waals surface area contributed by atoms with Gasteiger partial charge in [-0.05, 0) is 102 Å². The Hall–Kier alpha value is -9.59. The van der Waals surface area contributed by atoms with Crippen molar-refractivity contribution in [3.8, 4) is 56.7 Å². The highest BCUT2D eigenvalue weighted by molar-refractivity contribution is 6.15. The highest BCUT2D eigenvalue weighted by Gasteiger charge is 2.21. The van der Waals surface area contributed by atoms with Gasteiger partial charge in [0.15, 0.2) is 17.5 Å². The molecule has 0 amide bonds. The van der Waals surface area contributed by atoms with Crippen LogP contribution in [0.15, 0.2) is 233 Å². The first-order valence-corrected chi connectivity index (χ1v) is 23.5. The zero-order chi connectivity index (χ0) is 45.9. The van der Waals surface area contributed by atoms with Gasteiger partial charge in [0.1, 0.15) is 22.3 Å². The average molecular weight is 896 g/mol. The van der Waals surface area contributed by atoms with Gasteiger partial charge in [-0.2, -0.15) is 0 Å². The summed E-state index contributed by atoms with van der Waals surface area (Å²) >= 11 is 0. The van der Waals surface area contributed by atoms with E-state index in [0.717, 1.165) is 94.1 Å². The van der Waals surface area contributed by atoms with Gasteiger partial charge in [0.25, 0.3) is 0 Å². The number of para-hydroxylation sites is 4. The largest absolute Gasteiger partial charge is 0.456 e. The first kappa shape index (κ1) is 38.5. The van der Waals surface area contributed by atoms with E-state index in [0.29, 0.717) is 17.5 Å². The molecule has 0 saturated heterocycles. The monoisotopic (exact) mass is 895 g/mol. The van der Waals surface area contributed by atoms with Crippen LogP contribution < -0.4 is 0 Å². The highest BCUT2D eigenvalue weighted by Crippen LogP contribution is 2.42. The summed E-state index contributed by atoms with van der Waals surface area (Å²) in [6.45, 7) is 0. The molecular formula is C63H37N5O2. The van der Waals surface area contributed by atoms with Gasteiger partial charge in [0, 0.05) is 71.2 Å². The molecule has 0 bridgehead atoms. The number of nitrogens with zero attached hydrogens (tertiary/aromatic N) is 5. The number of fused-ring (bicyclic) bond motifs is 12. The highest BCUT2D eigenvalue weighted by atomic mass is 16.3. The summed E-state index contributed by atoms with van der Waals surface area (Å²) in [6, 6.07) is 78.7. The minimum atomic E-state index is 0.562. The van der Waals surface area contributed by atoms with Crippen LogP contribution in [-0.4, -0.2) is 24.1 Å². The molecule has 5 heterocycles. The molecule has 0 fully saturated rings. The first-order valence-electron chi connectivity index (χ1n) is 23.5. The molecule has 0 aliphatic rings. The van der Waals surface area contributed by atoms with Gasteiger partial charge < -0.3 is 18.0 Å². The van der Waals surface area contributed by atoms with Crippen LogP contribution >= 0.6 is 0 Å². The lowest BCUT2D eigenvalue weighted by Gasteiger charge is -2.11. The molecule has 7 nitrogen and oxygen atoms in total. The van der Waals surface area contributed by atoms with E-state index in [9.17, 15) is 0 Å². The number of furan rings is 2. The van der Waals surface area contributed by atoms with Gasteiger partial charge in [0.05, 0.1) is 22.1 Å². The summed E-state index contributed by atoms with van der Waals surface area (Å²) in [5.74, 6) is 1.72. The Labute approximate surface area is 399 Å².